The van der Waals surface area contributed by atoms with Crippen molar-refractivity contribution in [3.63, 3.8) is 0 Å². The van der Waals surface area contributed by atoms with Crippen LogP contribution in [0.5, 0.6) is 0 Å². The molecule has 0 bridgehead atoms. The Hall–Kier alpha value is -1.43. The number of aromatic nitrogens is 4. The molecule has 0 aromatic carbocycles. The van der Waals surface area contributed by atoms with Gasteiger partial charge < -0.3 is 5.73 Å². The van der Waals surface area contributed by atoms with Gasteiger partial charge in [-0.1, -0.05) is 19.1 Å². The molecule has 0 amide bonds. The van der Waals surface area contributed by atoms with Crippen molar-refractivity contribution in [3.8, 4) is 0 Å². The van der Waals surface area contributed by atoms with Crippen molar-refractivity contribution in [2.45, 2.75) is 40.2 Å². The van der Waals surface area contributed by atoms with E-state index in [4.69, 9.17) is 5.73 Å². The molecule has 0 radical (unpaired) electrons. The zero-order chi connectivity index (χ0) is 12.6. The van der Waals surface area contributed by atoms with Gasteiger partial charge in [0, 0.05) is 4.88 Å². The molecule has 2 aromatic rings. The first-order valence-corrected chi connectivity index (χ1v) is 6.42. The standard InChI is InChI=1S/C11H17N5S/c1-6(2)10-11(12)14-15-16(10)5-9-13-7(3)8(4)17-9/h6H,5,12H2,1-4H3. The molecule has 2 rings (SSSR count). The minimum atomic E-state index is 0.312. The van der Waals surface area contributed by atoms with Crippen LogP contribution in [0, 0.1) is 13.8 Å². The number of aryl methyl sites for hydroxylation is 2. The van der Waals surface area contributed by atoms with Gasteiger partial charge in [-0.15, -0.1) is 16.4 Å². The molecule has 0 spiro atoms. The number of thiazole rings is 1. The van der Waals surface area contributed by atoms with Gasteiger partial charge in [0.25, 0.3) is 0 Å². The fourth-order valence-corrected chi connectivity index (χ4v) is 2.70. The Morgan fingerprint density at radius 1 is 1.35 bits per heavy atom. The molecule has 0 atom stereocenters. The summed E-state index contributed by atoms with van der Waals surface area (Å²) in [6.45, 7) is 8.93. The van der Waals surface area contributed by atoms with Crippen LogP contribution < -0.4 is 5.73 Å². The molecule has 0 aliphatic carbocycles. The SMILES string of the molecule is Cc1nc(Cn2nnc(N)c2C(C)C)sc1C. The van der Waals surface area contributed by atoms with Gasteiger partial charge in [0.15, 0.2) is 5.82 Å². The van der Waals surface area contributed by atoms with E-state index in [1.165, 1.54) is 4.88 Å². The smallest absolute Gasteiger partial charge is 0.169 e. The molecule has 2 N–H and O–H groups in total. The zero-order valence-corrected chi connectivity index (χ0v) is 11.4. The summed E-state index contributed by atoms with van der Waals surface area (Å²) in [5.74, 6) is 0.831. The fourth-order valence-electron chi connectivity index (χ4n) is 1.78. The lowest BCUT2D eigenvalue weighted by atomic mass is 10.1. The van der Waals surface area contributed by atoms with Crippen molar-refractivity contribution in [1.82, 2.24) is 20.0 Å². The van der Waals surface area contributed by atoms with E-state index in [1.807, 2.05) is 11.6 Å². The van der Waals surface area contributed by atoms with E-state index in [-0.39, 0.29) is 0 Å². The molecule has 92 valence electrons. The molecule has 17 heavy (non-hydrogen) atoms. The van der Waals surface area contributed by atoms with Gasteiger partial charge in [-0.05, 0) is 19.8 Å². The zero-order valence-electron chi connectivity index (χ0n) is 10.6. The minimum Gasteiger partial charge on any atom is -0.381 e. The van der Waals surface area contributed by atoms with Crippen molar-refractivity contribution in [1.29, 1.82) is 0 Å². The Bertz CT molecular complexity index is 506. The topological polar surface area (TPSA) is 69.6 Å². The van der Waals surface area contributed by atoms with Crippen LogP contribution in [0.1, 0.15) is 41.0 Å². The van der Waals surface area contributed by atoms with E-state index in [0.717, 1.165) is 16.4 Å². The average molecular weight is 251 g/mol. The van der Waals surface area contributed by atoms with Crippen LogP contribution in [0.4, 0.5) is 5.82 Å². The van der Waals surface area contributed by atoms with Gasteiger partial charge in [-0.3, -0.25) is 0 Å². The highest BCUT2D eigenvalue weighted by Gasteiger charge is 2.15. The summed E-state index contributed by atoms with van der Waals surface area (Å²) in [5, 5.41) is 9.06. The van der Waals surface area contributed by atoms with Crippen LogP contribution in [0.3, 0.4) is 0 Å². The molecule has 0 fully saturated rings. The molecule has 6 heteroatoms. The third-order valence-corrected chi connectivity index (χ3v) is 3.76. The molecular weight excluding hydrogens is 234 g/mol. The van der Waals surface area contributed by atoms with E-state index < -0.39 is 0 Å². The normalized spacial score (nSPS) is 11.4. The minimum absolute atomic E-state index is 0.312. The number of nitrogens with zero attached hydrogens (tertiary/aromatic N) is 4. The van der Waals surface area contributed by atoms with Gasteiger partial charge >= 0.3 is 0 Å². The van der Waals surface area contributed by atoms with E-state index >= 15 is 0 Å². The Balaban J connectivity index is 2.30. The number of nitrogen functional groups attached to an aromatic ring is 1. The highest BCUT2D eigenvalue weighted by Crippen LogP contribution is 2.22. The van der Waals surface area contributed by atoms with Crippen molar-refractivity contribution in [3.05, 3.63) is 21.3 Å². The molecule has 2 heterocycles. The first-order chi connectivity index (χ1) is 7.99. The quantitative estimate of drug-likeness (QED) is 0.907. The van der Waals surface area contributed by atoms with Gasteiger partial charge in [0.1, 0.15) is 5.01 Å². The van der Waals surface area contributed by atoms with E-state index in [1.54, 1.807) is 11.3 Å². The maximum absolute atomic E-state index is 5.82. The first kappa shape index (κ1) is 12.0. The number of rotatable bonds is 3. The number of nitrogens with two attached hydrogens (primary N) is 1. The third-order valence-electron chi connectivity index (χ3n) is 2.71. The van der Waals surface area contributed by atoms with Gasteiger partial charge in [-0.25, -0.2) is 9.67 Å². The summed E-state index contributed by atoms with van der Waals surface area (Å²) in [6, 6.07) is 0. The highest BCUT2D eigenvalue weighted by molar-refractivity contribution is 7.11. The number of hydrogen-bond acceptors (Lipinski definition) is 5. The summed E-state index contributed by atoms with van der Waals surface area (Å²) in [7, 11) is 0. The fraction of sp³-hybridized carbons (Fsp3) is 0.545. The van der Waals surface area contributed by atoms with Crippen LogP contribution in [-0.4, -0.2) is 20.0 Å². The summed E-state index contributed by atoms with van der Waals surface area (Å²) in [6.07, 6.45) is 0. The first-order valence-electron chi connectivity index (χ1n) is 5.60. The molecule has 2 aromatic heterocycles. The van der Waals surface area contributed by atoms with Crippen LogP contribution >= 0.6 is 11.3 Å². The Labute approximate surface area is 105 Å². The van der Waals surface area contributed by atoms with Crippen molar-refractivity contribution in [2.24, 2.45) is 0 Å². The predicted molar refractivity (Wildman–Crippen MR) is 69.2 cm³/mol. The van der Waals surface area contributed by atoms with Gasteiger partial charge in [-0.2, -0.15) is 0 Å². The Morgan fingerprint density at radius 3 is 2.59 bits per heavy atom. The summed E-state index contributed by atoms with van der Waals surface area (Å²) >= 11 is 1.70. The predicted octanol–water partition coefficient (Wildman–Crippen LogP) is 2.11. The maximum atomic E-state index is 5.82. The largest absolute Gasteiger partial charge is 0.381 e. The molecule has 0 saturated carbocycles. The van der Waals surface area contributed by atoms with E-state index in [2.05, 4.69) is 36.1 Å². The molecular formula is C11H17N5S. The van der Waals surface area contributed by atoms with Crippen molar-refractivity contribution < 1.29 is 0 Å². The highest BCUT2D eigenvalue weighted by atomic mass is 32.1. The Morgan fingerprint density at radius 2 is 2.06 bits per heavy atom. The second-order valence-corrected chi connectivity index (χ2v) is 5.71. The second kappa shape index (κ2) is 4.44. The van der Waals surface area contributed by atoms with Crippen LogP contribution in [0.25, 0.3) is 0 Å². The molecule has 5 nitrogen and oxygen atoms in total. The average Bonchev–Trinajstić information content (AvgIpc) is 2.72. The summed E-state index contributed by atoms with van der Waals surface area (Å²) < 4.78 is 1.84. The monoisotopic (exact) mass is 251 g/mol. The molecule has 0 unspecified atom stereocenters. The lowest BCUT2D eigenvalue weighted by Gasteiger charge is -2.07. The third kappa shape index (κ3) is 2.31. The second-order valence-electron chi connectivity index (χ2n) is 4.42. The summed E-state index contributed by atoms with van der Waals surface area (Å²) in [4.78, 5) is 5.75. The Kier molecular flexibility index (Phi) is 3.15. The van der Waals surface area contributed by atoms with Gasteiger partial charge in [0.05, 0.1) is 17.9 Å². The molecule has 0 aliphatic heterocycles. The lowest BCUT2D eigenvalue weighted by Crippen LogP contribution is -2.08. The molecule has 0 aliphatic rings. The van der Waals surface area contributed by atoms with Crippen molar-refractivity contribution in [2.75, 3.05) is 5.73 Å². The number of hydrogen-bond donors (Lipinski definition) is 1. The van der Waals surface area contributed by atoms with Crippen LogP contribution in [0.15, 0.2) is 0 Å². The van der Waals surface area contributed by atoms with E-state index in [9.17, 15) is 0 Å². The lowest BCUT2D eigenvalue weighted by molar-refractivity contribution is 0.596. The molecule has 0 saturated heterocycles. The van der Waals surface area contributed by atoms with Crippen molar-refractivity contribution >= 4 is 17.2 Å². The van der Waals surface area contributed by atoms with Crippen LogP contribution in [0.2, 0.25) is 0 Å². The number of anilines is 1. The maximum Gasteiger partial charge on any atom is 0.169 e. The van der Waals surface area contributed by atoms with Gasteiger partial charge in [0.2, 0.25) is 0 Å². The van der Waals surface area contributed by atoms with Crippen LogP contribution in [-0.2, 0) is 6.54 Å². The summed E-state index contributed by atoms with van der Waals surface area (Å²) in [5.41, 5.74) is 7.89. The van der Waals surface area contributed by atoms with E-state index in [0.29, 0.717) is 18.3 Å².